The number of hydrogen-bond acceptors (Lipinski definition) is 6. The Balaban J connectivity index is 1.38. The molecule has 6 rings (SSSR count). The monoisotopic (exact) mass is 637 g/mol. The highest BCUT2D eigenvalue weighted by Crippen LogP contribution is 2.36. The minimum atomic E-state index is -0.378. The molecule has 0 saturated heterocycles. The van der Waals surface area contributed by atoms with E-state index in [2.05, 4.69) is 5.10 Å². The highest BCUT2D eigenvalue weighted by molar-refractivity contribution is 6.37. The summed E-state index contributed by atoms with van der Waals surface area (Å²) >= 11 is 25.3. The first-order chi connectivity index (χ1) is 20.3. The maximum absolute atomic E-state index is 13.6. The highest BCUT2D eigenvalue weighted by Gasteiger charge is 2.18. The van der Waals surface area contributed by atoms with E-state index < -0.39 is 0 Å². The molecule has 4 aromatic carbocycles. The normalized spacial score (nSPS) is 11.5. The number of aromatic nitrogens is 2. The zero-order valence-electron chi connectivity index (χ0n) is 21.8. The number of halogens is 4. The predicted molar refractivity (Wildman–Crippen MR) is 168 cm³/mol. The largest absolute Gasteiger partial charge is 0.496 e. The second-order valence-corrected chi connectivity index (χ2v) is 10.8. The summed E-state index contributed by atoms with van der Waals surface area (Å²) in [5, 5.41) is 7.10. The molecule has 2 heterocycles. The molecule has 42 heavy (non-hydrogen) atoms. The quantitative estimate of drug-likeness (QED) is 0.163. The van der Waals surface area contributed by atoms with Crippen molar-refractivity contribution in [3.05, 3.63) is 120 Å². The zero-order valence-corrected chi connectivity index (χ0v) is 24.8. The molecule has 0 aliphatic carbocycles. The fourth-order valence-corrected chi connectivity index (χ4v) is 5.49. The number of methoxy groups -OCH3 is 1. The van der Waals surface area contributed by atoms with Gasteiger partial charge in [-0.05, 0) is 60.2 Å². The van der Waals surface area contributed by atoms with E-state index in [0.29, 0.717) is 43.6 Å². The summed E-state index contributed by atoms with van der Waals surface area (Å²) < 4.78 is 18.6. The van der Waals surface area contributed by atoms with Crippen LogP contribution in [0.25, 0.3) is 33.5 Å². The van der Waals surface area contributed by atoms with Crippen LogP contribution in [0, 0.1) is 0 Å². The number of fused-ring (bicyclic) bond motifs is 2. The summed E-state index contributed by atoms with van der Waals surface area (Å²) in [6, 6.07) is 22.6. The summed E-state index contributed by atoms with van der Waals surface area (Å²) in [5.74, 6) is 1.47. The van der Waals surface area contributed by atoms with Crippen LogP contribution in [0.15, 0.2) is 93.2 Å². The van der Waals surface area contributed by atoms with Gasteiger partial charge in [0, 0.05) is 15.6 Å². The van der Waals surface area contributed by atoms with Crippen molar-refractivity contribution in [2.45, 2.75) is 6.61 Å². The Bertz CT molecular complexity index is 2050. The summed E-state index contributed by atoms with van der Waals surface area (Å²) in [7, 11) is 1.58. The van der Waals surface area contributed by atoms with Gasteiger partial charge in [-0.1, -0.05) is 70.7 Å². The third-order valence-corrected chi connectivity index (χ3v) is 7.59. The first kappa shape index (κ1) is 28.1. The van der Waals surface area contributed by atoms with Crippen molar-refractivity contribution < 1.29 is 13.9 Å². The molecule has 0 N–H and O–H groups in total. The lowest BCUT2D eigenvalue weighted by Gasteiger charge is -2.12. The van der Waals surface area contributed by atoms with Crippen LogP contribution in [0.1, 0.15) is 11.1 Å². The van der Waals surface area contributed by atoms with E-state index in [0.717, 1.165) is 10.9 Å². The van der Waals surface area contributed by atoms with Crippen molar-refractivity contribution in [3.8, 4) is 23.1 Å². The second kappa shape index (κ2) is 11.7. The van der Waals surface area contributed by atoms with Gasteiger partial charge >= 0.3 is 0 Å². The van der Waals surface area contributed by atoms with Crippen molar-refractivity contribution >= 4 is 74.5 Å². The molecule has 6 aromatic rings. The summed E-state index contributed by atoms with van der Waals surface area (Å²) in [5.41, 5.74) is 1.95. The fourth-order valence-electron chi connectivity index (χ4n) is 4.42. The molecule has 0 bridgehead atoms. The van der Waals surface area contributed by atoms with E-state index in [1.165, 1.54) is 10.9 Å². The van der Waals surface area contributed by atoms with Gasteiger partial charge in [0.05, 0.1) is 39.7 Å². The molecule has 0 saturated carbocycles. The van der Waals surface area contributed by atoms with Crippen LogP contribution in [-0.4, -0.2) is 23.0 Å². The van der Waals surface area contributed by atoms with Gasteiger partial charge in [-0.25, -0.2) is 4.98 Å². The Morgan fingerprint density at radius 1 is 0.905 bits per heavy atom. The topological polar surface area (TPSA) is 78.9 Å². The molecule has 2 aromatic heterocycles. The molecular formula is C31H19Cl4N3O4. The summed E-state index contributed by atoms with van der Waals surface area (Å²) in [4.78, 5) is 18.3. The van der Waals surface area contributed by atoms with E-state index in [-0.39, 0.29) is 33.8 Å². The van der Waals surface area contributed by atoms with Crippen LogP contribution in [-0.2, 0) is 6.61 Å². The molecule has 0 fully saturated rings. The van der Waals surface area contributed by atoms with Gasteiger partial charge in [-0.15, -0.1) is 0 Å². The predicted octanol–water partition coefficient (Wildman–Crippen LogP) is 8.89. The van der Waals surface area contributed by atoms with Gasteiger partial charge in [-0.3, -0.25) is 4.79 Å². The zero-order chi connectivity index (χ0) is 29.4. The van der Waals surface area contributed by atoms with Crippen LogP contribution in [0.5, 0.6) is 11.5 Å². The van der Waals surface area contributed by atoms with E-state index >= 15 is 0 Å². The summed E-state index contributed by atoms with van der Waals surface area (Å²) in [6.07, 6.45) is 1.46. The summed E-state index contributed by atoms with van der Waals surface area (Å²) in [6.45, 7) is 0.132. The number of furan rings is 1. The Hall–Kier alpha value is -4.01. The number of ether oxygens (including phenoxy) is 2. The van der Waals surface area contributed by atoms with Crippen LogP contribution in [0.3, 0.4) is 0 Å². The van der Waals surface area contributed by atoms with Crippen molar-refractivity contribution in [2.24, 2.45) is 5.10 Å². The van der Waals surface area contributed by atoms with Crippen LogP contribution in [0.4, 0.5) is 0 Å². The minimum absolute atomic E-state index is 0.132. The number of nitrogens with zero attached hydrogens (tertiary/aromatic N) is 3. The minimum Gasteiger partial charge on any atom is -0.496 e. The van der Waals surface area contributed by atoms with Crippen molar-refractivity contribution in [1.29, 1.82) is 0 Å². The van der Waals surface area contributed by atoms with E-state index in [1.54, 1.807) is 61.7 Å². The third-order valence-electron chi connectivity index (χ3n) is 6.45. The van der Waals surface area contributed by atoms with Crippen LogP contribution >= 0.6 is 46.4 Å². The SMILES string of the molecule is COc1cccc2oc(-c3nc4ccccc4c(=O)n3N=Cc3cc(Cl)c(OCc4ccc(Cl)cc4Cl)c(Cl)c3)cc12. The van der Waals surface area contributed by atoms with Gasteiger partial charge in [0.15, 0.2) is 11.5 Å². The number of benzene rings is 4. The van der Waals surface area contributed by atoms with E-state index in [1.807, 2.05) is 24.3 Å². The Labute approximate surface area is 259 Å². The second-order valence-electron chi connectivity index (χ2n) is 9.13. The van der Waals surface area contributed by atoms with Gasteiger partial charge in [0.25, 0.3) is 5.56 Å². The van der Waals surface area contributed by atoms with Crippen molar-refractivity contribution in [1.82, 2.24) is 9.66 Å². The van der Waals surface area contributed by atoms with Crippen molar-refractivity contribution in [2.75, 3.05) is 7.11 Å². The Kier molecular flexibility index (Phi) is 7.84. The number of para-hydroxylation sites is 1. The molecule has 0 radical (unpaired) electrons. The lowest BCUT2D eigenvalue weighted by Crippen LogP contribution is -2.20. The molecule has 0 unspecified atom stereocenters. The Morgan fingerprint density at radius 3 is 2.45 bits per heavy atom. The molecule has 7 nitrogen and oxygen atoms in total. The van der Waals surface area contributed by atoms with Gasteiger partial charge in [0.2, 0.25) is 5.82 Å². The Morgan fingerprint density at radius 2 is 1.69 bits per heavy atom. The standard InChI is InChI=1S/C31H19Cl4N3O4/c1-40-26-7-4-8-27-21(26)14-28(42-27)30-37-25-6-3-2-5-20(25)31(39)38(30)36-15-17-11-23(34)29(24(35)12-17)41-16-18-9-10-19(32)13-22(18)33/h2-15H,16H2,1H3. The van der Waals surface area contributed by atoms with Crippen LogP contribution in [0.2, 0.25) is 20.1 Å². The average molecular weight is 639 g/mol. The maximum atomic E-state index is 13.6. The van der Waals surface area contributed by atoms with E-state index in [9.17, 15) is 4.79 Å². The lowest BCUT2D eigenvalue weighted by molar-refractivity contribution is 0.306. The maximum Gasteiger partial charge on any atom is 0.282 e. The first-order valence-corrected chi connectivity index (χ1v) is 14.0. The molecule has 0 aliphatic heterocycles. The van der Waals surface area contributed by atoms with Crippen LogP contribution < -0.4 is 15.0 Å². The molecule has 0 amide bonds. The first-order valence-electron chi connectivity index (χ1n) is 12.5. The average Bonchev–Trinajstić information content (AvgIpc) is 3.42. The molecular weight excluding hydrogens is 620 g/mol. The molecule has 0 aliphatic rings. The van der Waals surface area contributed by atoms with Gasteiger partial charge in [-0.2, -0.15) is 9.78 Å². The smallest absolute Gasteiger partial charge is 0.282 e. The van der Waals surface area contributed by atoms with E-state index in [4.69, 9.17) is 65.3 Å². The molecule has 0 spiro atoms. The van der Waals surface area contributed by atoms with Gasteiger partial charge < -0.3 is 13.9 Å². The molecule has 11 heteroatoms. The molecule has 0 atom stereocenters. The fraction of sp³-hybridized carbons (Fsp3) is 0.0645. The number of rotatable bonds is 7. The third kappa shape index (κ3) is 5.44. The molecule has 210 valence electrons. The number of hydrogen-bond donors (Lipinski definition) is 0. The van der Waals surface area contributed by atoms with Crippen molar-refractivity contribution in [3.63, 3.8) is 0 Å². The lowest BCUT2D eigenvalue weighted by atomic mass is 10.2. The van der Waals surface area contributed by atoms with Gasteiger partial charge in [0.1, 0.15) is 17.9 Å². The highest BCUT2D eigenvalue weighted by atomic mass is 35.5.